The van der Waals surface area contributed by atoms with Gasteiger partial charge < -0.3 is 0 Å². The second-order valence-corrected chi connectivity index (χ2v) is 6.56. The maximum Gasteiger partial charge on any atom is 0.416 e. The Morgan fingerprint density at radius 3 is 2.41 bits per heavy atom. The van der Waals surface area contributed by atoms with Crippen LogP contribution in [0.2, 0.25) is 0 Å². The predicted molar refractivity (Wildman–Crippen MR) is 75.8 cm³/mol. The van der Waals surface area contributed by atoms with E-state index in [0.29, 0.717) is 11.3 Å². The highest BCUT2D eigenvalue weighted by atomic mass is 32.2. The van der Waals surface area contributed by atoms with Gasteiger partial charge in [0.25, 0.3) is 0 Å². The molecule has 0 amide bonds. The second-order valence-electron chi connectivity index (χ2n) is 4.84. The molecule has 1 aromatic carbocycles. The van der Waals surface area contributed by atoms with Crippen LogP contribution in [-0.2, 0) is 22.0 Å². The first-order valence-corrected chi connectivity index (χ1v) is 7.92. The van der Waals surface area contributed by atoms with E-state index in [1.165, 1.54) is 12.1 Å². The minimum Gasteiger partial charge on any atom is -0.280 e. The van der Waals surface area contributed by atoms with Gasteiger partial charge in [-0.05, 0) is 25.5 Å². The molecular weight excluding hydrogens is 319 g/mol. The Kier molecular flexibility index (Phi) is 4.19. The monoisotopic (exact) mass is 333 g/mol. The molecule has 22 heavy (non-hydrogen) atoms. The zero-order chi connectivity index (χ0) is 16.5. The fourth-order valence-corrected chi connectivity index (χ4v) is 3.12. The lowest BCUT2D eigenvalue weighted by Gasteiger charge is -2.13. The average Bonchev–Trinajstić information content (AvgIpc) is 2.69. The van der Waals surface area contributed by atoms with Crippen molar-refractivity contribution >= 4 is 15.8 Å². The van der Waals surface area contributed by atoms with Crippen LogP contribution in [0.15, 0.2) is 24.3 Å². The minimum atomic E-state index is -4.61. The molecule has 2 N–H and O–H groups in total. The molecule has 1 aromatic heterocycles. The van der Waals surface area contributed by atoms with Gasteiger partial charge in [0.1, 0.15) is 0 Å². The Balaban J connectivity index is 2.29. The molecular formula is C13H14F3N3O2S. The van der Waals surface area contributed by atoms with Crippen molar-refractivity contribution in [2.24, 2.45) is 0 Å². The molecule has 2 aromatic rings. The summed E-state index contributed by atoms with van der Waals surface area (Å²) in [5, 5.41) is 6.38. The molecule has 120 valence electrons. The summed E-state index contributed by atoms with van der Waals surface area (Å²) >= 11 is 0. The fourth-order valence-electron chi connectivity index (χ4n) is 1.90. The molecule has 0 spiro atoms. The number of hydrogen-bond acceptors (Lipinski definition) is 3. The number of sulfonamides is 1. The molecule has 0 bridgehead atoms. The number of aromatic nitrogens is 2. The van der Waals surface area contributed by atoms with E-state index in [0.717, 1.165) is 12.1 Å². The third-order valence-electron chi connectivity index (χ3n) is 3.17. The maximum atomic E-state index is 12.9. The number of benzene rings is 1. The number of halogens is 3. The standard InChI is InChI=1S/C13H14F3N3O2S/c1-8-9(2)17-18-12(8)19-22(20,21)7-10-5-3-4-6-11(10)13(14,15)16/h3-6H,7H2,1-2H3,(H2,17,18,19). The van der Waals surface area contributed by atoms with Gasteiger partial charge >= 0.3 is 6.18 Å². The fraction of sp³-hybridized carbons (Fsp3) is 0.308. The van der Waals surface area contributed by atoms with Gasteiger partial charge in [-0.1, -0.05) is 18.2 Å². The summed E-state index contributed by atoms with van der Waals surface area (Å²) < 4.78 is 65.0. The van der Waals surface area contributed by atoms with Crippen molar-refractivity contribution in [3.8, 4) is 0 Å². The Morgan fingerprint density at radius 1 is 1.23 bits per heavy atom. The molecule has 0 saturated carbocycles. The first-order valence-electron chi connectivity index (χ1n) is 6.27. The summed E-state index contributed by atoms with van der Waals surface area (Å²) in [6.07, 6.45) is -4.61. The normalized spacial score (nSPS) is 12.4. The van der Waals surface area contributed by atoms with Gasteiger partial charge in [0.05, 0.1) is 11.3 Å². The highest BCUT2D eigenvalue weighted by molar-refractivity contribution is 7.91. The lowest BCUT2D eigenvalue weighted by atomic mass is 10.1. The number of aromatic amines is 1. The van der Waals surface area contributed by atoms with Crippen LogP contribution >= 0.6 is 0 Å². The SMILES string of the molecule is Cc1[nH]nc(NS(=O)(=O)Cc2ccccc2C(F)(F)F)c1C. The van der Waals surface area contributed by atoms with Crippen molar-refractivity contribution < 1.29 is 21.6 Å². The van der Waals surface area contributed by atoms with E-state index in [4.69, 9.17) is 0 Å². The van der Waals surface area contributed by atoms with Gasteiger partial charge in [-0.3, -0.25) is 9.82 Å². The van der Waals surface area contributed by atoms with Gasteiger partial charge in [-0.2, -0.15) is 18.3 Å². The number of nitrogens with one attached hydrogen (secondary N) is 2. The molecule has 0 unspecified atom stereocenters. The van der Waals surface area contributed by atoms with Crippen molar-refractivity contribution in [1.29, 1.82) is 0 Å². The molecule has 2 rings (SSSR count). The Labute approximate surface area is 125 Å². The van der Waals surface area contributed by atoms with Crippen LogP contribution in [0.3, 0.4) is 0 Å². The van der Waals surface area contributed by atoms with Crippen LogP contribution in [0.25, 0.3) is 0 Å². The zero-order valence-electron chi connectivity index (χ0n) is 11.8. The van der Waals surface area contributed by atoms with Gasteiger partial charge in [0, 0.05) is 11.3 Å². The van der Waals surface area contributed by atoms with Gasteiger partial charge in [-0.15, -0.1) is 0 Å². The largest absolute Gasteiger partial charge is 0.416 e. The first-order chi connectivity index (χ1) is 10.1. The summed E-state index contributed by atoms with van der Waals surface area (Å²) in [5.41, 5.74) is -0.0104. The minimum absolute atomic E-state index is 0.0852. The Hall–Kier alpha value is -2.03. The van der Waals surface area contributed by atoms with E-state index in [2.05, 4.69) is 14.9 Å². The molecule has 5 nitrogen and oxygen atoms in total. The average molecular weight is 333 g/mol. The number of nitrogens with zero attached hydrogens (tertiary/aromatic N) is 1. The number of H-pyrrole nitrogens is 1. The van der Waals surface area contributed by atoms with Crippen LogP contribution in [0.4, 0.5) is 19.0 Å². The summed E-state index contributed by atoms with van der Waals surface area (Å²) in [5.74, 6) is -0.699. The number of hydrogen-bond donors (Lipinski definition) is 2. The summed E-state index contributed by atoms with van der Waals surface area (Å²) in [4.78, 5) is 0. The first kappa shape index (κ1) is 16.3. The Morgan fingerprint density at radius 2 is 1.86 bits per heavy atom. The van der Waals surface area contributed by atoms with Gasteiger partial charge in [-0.25, -0.2) is 8.42 Å². The number of alkyl halides is 3. The second kappa shape index (κ2) is 5.64. The summed E-state index contributed by atoms with van der Waals surface area (Å²) in [7, 11) is -4.01. The Bertz CT molecular complexity index is 782. The van der Waals surface area contributed by atoms with Gasteiger partial charge in [0.15, 0.2) is 5.82 Å². The molecule has 0 aliphatic rings. The van der Waals surface area contributed by atoms with Crippen LogP contribution in [-0.4, -0.2) is 18.6 Å². The van der Waals surface area contributed by atoms with E-state index in [1.807, 2.05) is 0 Å². The molecule has 0 saturated heterocycles. The van der Waals surface area contributed by atoms with Crippen LogP contribution < -0.4 is 4.72 Å². The summed E-state index contributed by atoms with van der Waals surface area (Å²) in [6, 6.07) is 4.58. The van der Waals surface area contributed by atoms with Crippen LogP contribution in [0, 0.1) is 13.8 Å². The van der Waals surface area contributed by atoms with Crippen molar-refractivity contribution in [2.45, 2.75) is 25.8 Å². The number of rotatable bonds is 4. The quantitative estimate of drug-likeness (QED) is 0.903. The highest BCUT2D eigenvalue weighted by Crippen LogP contribution is 2.32. The predicted octanol–water partition coefficient (Wildman–Crippen LogP) is 2.99. The van der Waals surface area contributed by atoms with E-state index in [1.54, 1.807) is 13.8 Å². The molecule has 1 heterocycles. The van der Waals surface area contributed by atoms with E-state index in [-0.39, 0.29) is 11.4 Å². The summed E-state index contributed by atoms with van der Waals surface area (Å²) in [6.45, 7) is 3.36. The third-order valence-corrected chi connectivity index (χ3v) is 4.37. The van der Waals surface area contributed by atoms with Gasteiger partial charge in [0.2, 0.25) is 10.0 Å². The number of aryl methyl sites for hydroxylation is 1. The molecule has 0 atom stereocenters. The van der Waals surface area contributed by atoms with Crippen molar-refractivity contribution in [1.82, 2.24) is 10.2 Å². The van der Waals surface area contributed by atoms with E-state index < -0.39 is 27.5 Å². The van der Waals surface area contributed by atoms with Crippen LogP contribution in [0.5, 0.6) is 0 Å². The van der Waals surface area contributed by atoms with Crippen molar-refractivity contribution in [3.05, 3.63) is 46.6 Å². The third kappa shape index (κ3) is 3.59. The zero-order valence-corrected chi connectivity index (χ0v) is 12.6. The van der Waals surface area contributed by atoms with Crippen molar-refractivity contribution in [3.63, 3.8) is 0 Å². The molecule has 0 aliphatic carbocycles. The van der Waals surface area contributed by atoms with E-state index >= 15 is 0 Å². The maximum absolute atomic E-state index is 12.9. The lowest BCUT2D eigenvalue weighted by Crippen LogP contribution is -2.19. The number of anilines is 1. The van der Waals surface area contributed by atoms with E-state index in [9.17, 15) is 21.6 Å². The van der Waals surface area contributed by atoms with Crippen molar-refractivity contribution in [2.75, 3.05) is 4.72 Å². The molecule has 9 heteroatoms. The molecule has 0 aliphatic heterocycles. The smallest absolute Gasteiger partial charge is 0.280 e. The lowest BCUT2D eigenvalue weighted by molar-refractivity contribution is -0.138. The topological polar surface area (TPSA) is 74.8 Å². The van der Waals surface area contributed by atoms with Crippen LogP contribution in [0.1, 0.15) is 22.4 Å². The highest BCUT2D eigenvalue weighted by Gasteiger charge is 2.34. The molecule has 0 radical (unpaired) electrons. The molecule has 0 fully saturated rings.